The molecular formula is C13H13N3O2. The average molecular weight is 243 g/mol. The van der Waals surface area contributed by atoms with E-state index in [4.69, 9.17) is 5.11 Å². The van der Waals surface area contributed by atoms with Crippen LogP contribution in [0.1, 0.15) is 59.4 Å². The van der Waals surface area contributed by atoms with Crippen molar-refractivity contribution in [3.63, 3.8) is 0 Å². The van der Waals surface area contributed by atoms with E-state index in [0.29, 0.717) is 17.5 Å². The van der Waals surface area contributed by atoms with Crippen LogP contribution < -0.4 is 0 Å². The van der Waals surface area contributed by atoms with E-state index in [1.165, 1.54) is 12.8 Å². The standard InChI is InChI=1S/C13H13N3O2/c17-13(18)10-5-11(8-3-4-8)16-12(14-10)6-9(15-16)7-1-2-7/h5-8H,1-4H2,(H,17,18). The average Bonchev–Trinajstić information content (AvgIpc) is 3.22. The summed E-state index contributed by atoms with van der Waals surface area (Å²) >= 11 is 0. The summed E-state index contributed by atoms with van der Waals surface area (Å²) in [4.78, 5) is 15.3. The predicted molar refractivity (Wildman–Crippen MR) is 63.9 cm³/mol. The Morgan fingerprint density at radius 3 is 2.56 bits per heavy atom. The highest BCUT2D eigenvalue weighted by Gasteiger charge is 2.31. The van der Waals surface area contributed by atoms with Gasteiger partial charge in [0.1, 0.15) is 0 Å². The van der Waals surface area contributed by atoms with Crippen LogP contribution in [0.3, 0.4) is 0 Å². The van der Waals surface area contributed by atoms with Crippen molar-refractivity contribution in [2.75, 3.05) is 0 Å². The van der Waals surface area contributed by atoms with Gasteiger partial charge in [-0.3, -0.25) is 0 Å². The van der Waals surface area contributed by atoms with E-state index >= 15 is 0 Å². The van der Waals surface area contributed by atoms with Gasteiger partial charge in [-0.15, -0.1) is 0 Å². The van der Waals surface area contributed by atoms with Crippen molar-refractivity contribution in [3.05, 3.63) is 29.2 Å². The maximum absolute atomic E-state index is 11.1. The highest BCUT2D eigenvalue weighted by molar-refractivity contribution is 5.86. The molecular weight excluding hydrogens is 230 g/mol. The number of aromatic nitrogens is 3. The van der Waals surface area contributed by atoms with E-state index in [0.717, 1.165) is 24.2 Å². The maximum atomic E-state index is 11.1. The summed E-state index contributed by atoms with van der Waals surface area (Å²) in [7, 11) is 0. The Hall–Kier alpha value is -1.91. The minimum atomic E-state index is -0.964. The largest absolute Gasteiger partial charge is 0.477 e. The molecule has 2 aliphatic carbocycles. The van der Waals surface area contributed by atoms with E-state index in [9.17, 15) is 4.79 Å². The van der Waals surface area contributed by atoms with Gasteiger partial charge in [0.2, 0.25) is 0 Å². The van der Waals surface area contributed by atoms with Crippen LogP contribution in [0.2, 0.25) is 0 Å². The van der Waals surface area contributed by atoms with Gasteiger partial charge < -0.3 is 5.11 Å². The van der Waals surface area contributed by atoms with Crippen molar-refractivity contribution in [1.82, 2.24) is 14.6 Å². The third-order valence-corrected chi connectivity index (χ3v) is 3.68. The molecule has 92 valence electrons. The number of carboxylic acid groups (broad SMARTS) is 1. The number of hydrogen-bond acceptors (Lipinski definition) is 3. The van der Waals surface area contributed by atoms with Crippen LogP contribution in [0.5, 0.6) is 0 Å². The Labute approximate surface area is 103 Å². The second kappa shape index (κ2) is 3.31. The lowest BCUT2D eigenvalue weighted by atomic mass is 10.2. The highest BCUT2D eigenvalue weighted by atomic mass is 16.4. The summed E-state index contributed by atoms with van der Waals surface area (Å²) < 4.78 is 1.84. The third-order valence-electron chi connectivity index (χ3n) is 3.68. The van der Waals surface area contributed by atoms with E-state index < -0.39 is 5.97 Å². The topological polar surface area (TPSA) is 67.5 Å². The Bertz CT molecular complexity index is 654. The van der Waals surface area contributed by atoms with Gasteiger partial charge >= 0.3 is 5.97 Å². The van der Waals surface area contributed by atoms with Gasteiger partial charge in [0.25, 0.3) is 0 Å². The zero-order valence-corrected chi connectivity index (χ0v) is 9.83. The van der Waals surface area contributed by atoms with Crippen molar-refractivity contribution in [3.8, 4) is 0 Å². The van der Waals surface area contributed by atoms with Gasteiger partial charge in [-0.05, 0) is 31.7 Å². The van der Waals surface area contributed by atoms with Crippen LogP contribution in [0.15, 0.2) is 12.1 Å². The molecule has 0 amide bonds. The van der Waals surface area contributed by atoms with Crippen LogP contribution in [-0.4, -0.2) is 25.7 Å². The molecule has 18 heavy (non-hydrogen) atoms. The van der Waals surface area contributed by atoms with Gasteiger partial charge in [0.05, 0.1) is 5.69 Å². The smallest absolute Gasteiger partial charge is 0.354 e. The third kappa shape index (κ3) is 1.50. The quantitative estimate of drug-likeness (QED) is 0.897. The summed E-state index contributed by atoms with van der Waals surface area (Å²) in [6.45, 7) is 0. The number of aromatic carboxylic acids is 1. The Kier molecular flexibility index (Phi) is 1.85. The van der Waals surface area contributed by atoms with Crippen LogP contribution >= 0.6 is 0 Å². The van der Waals surface area contributed by atoms with Crippen molar-refractivity contribution in [1.29, 1.82) is 0 Å². The van der Waals surface area contributed by atoms with Crippen LogP contribution in [0.4, 0.5) is 0 Å². The molecule has 2 aromatic heterocycles. The lowest BCUT2D eigenvalue weighted by Gasteiger charge is -2.04. The van der Waals surface area contributed by atoms with E-state index in [2.05, 4.69) is 10.1 Å². The molecule has 2 aromatic rings. The predicted octanol–water partition coefficient (Wildman–Crippen LogP) is 2.18. The van der Waals surface area contributed by atoms with Crippen LogP contribution in [-0.2, 0) is 0 Å². The summed E-state index contributed by atoms with van der Waals surface area (Å²) in [6.07, 6.45) is 4.62. The molecule has 2 fully saturated rings. The number of nitrogens with zero attached hydrogens (tertiary/aromatic N) is 3. The molecule has 2 aliphatic rings. The zero-order chi connectivity index (χ0) is 12.3. The molecule has 0 unspecified atom stereocenters. The fourth-order valence-electron chi connectivity index (χ4n) is 2.37. The van der Waals surface area contributed by atoms with Gasteiger partial charge in [-0.1, -0.05) is 0 Å². The lowest BCUT2D eigenvalue weighted by Crippen LogP contribution is -2.07. The molecule has 1 N–H and O–H groups in total. The second-order valence-corrected chi connectivity index (χ2v) is 5.26. The molecule has 5 nitrogen and oxygen atoms in total. The van der Waals surface area contributed by atoms with E-state index in [1.807, 2.05) is 10.6 Å². The molecule has 2 saturated carbocycles. The SMILES string of the molecule is O=C(O)c1cc(C2CC2)n2nc(C3CC3)cc2n1. The summed E-state index contributed by atoms with van der Waals surface area (Å²) in [5.41, 5.74) is 2.88. The molecule has 0 radical (unpaired) electrons. The molecule has 0 aromatic carbocycles. The summed E-state index contributed by atoms with van der Waals surface area (Å²) in [5, 5.41) is 13.7. The minimum absolute atomic E-state index is 0.131. The second-order valence-electron chi connectivity index (χ2n) is 5.26. The molecule has 0 saturated heterocycles. The fraction of sp³-hybridized carbons (Fsp3) is 0.462. The lowest BCUT2D eigenvalue weighted by molar-refractivity contribution is 0.0690. The van der Waals surface area contributed by atoms with Crippen molar-refractivity contribution >= 4 is 11.6 Å². The molecule has 2 heterocycles. The highest BCUT2D eigenvalue weighted by Crippen LogP contribution is 2.42. The first-order chi connectivity index (χ1) is 8.72. The van der Waals surface area contributed by atoms with Crippen molar-refractivity contribution < 1.29 is 9.90 Å². The molecule has 0 spiro atoms. The van der Waals surface area contributed by atoms with E-state index in [1.54, 1.807) is 6.07 Å². The van der Waals surface area contributed by atoms with Crippen molar-refractivity contribution in [2.45, 2.75) is 37.5 Å². The number of carboxylic acids is 1. The van der Waals surface area contributed by atoms with Crippen LogP contribution in [0.25, 0.3) is 5.65 Å². The first-order valence-corrected chi connectivity index (χ1v) is 6.36. The monoisotopic (exact) mass is 243 g/mol. The van der Waals surface area contributed by atoms with E-state index in [-0.39, 0.29) is 5.69 Å². The molecule has 0 atom stereocenters. The molecule has 5 heteroatoms. The van der Waals surface area contributed by atoms with Gasteiger partial charge in [-0.2, -0.15) is 5.10 Å². The van der Waals surface area contributed by atoms with Gasteiger partial charge in [0, 0.05) is 23.6 Å². The number of rotatable bonds is 3. The van der Waals surface area contributed by atoms with Gasteiger partial charge in [0.15, 0.2) is 11.3 Å². The summed E-state index contributed by atoms with van der Waals surface area (Å²) in [5.74, 6) is 0.0566. The zero-order valence-electron chi connectivity index (χ0n) is 9.83. The van der Waals surface area contributed by atoms with Gasteiger partial charge in [-0.25, -0.2) is 14.3 Å². The molecule has 4 rings (SSSR count). The fourth-order valence-corrected chi connectivity index (χ4v) is 2.37. The minimum Gasteiger partial charge on any atom is -0.477 e. The van der Waals surface area contributed by atoms with Crippen molar-refractivity contribution in [2.24, 2.45) is 0 Å². The number of carbonyl (C=O) groups is 1. The Morgan fingerprint density at radius 2 is 1.94 bits per heavy atom. The summed E-state index contributed by atoms with van der Waals surface area (Å²) in [6, 6.07) is 3.62. The Balaban J connectivity index is 1.94. The number of hydrogen-bond donors (Lipinski definition) is 1. The number of fused-ring (bicyclic) bond motifs is 1. The first kappa shape index (κ1) is 10.1. The molecule has 0 bridgehead atoms. The Morgan fingerprint density at radius 1 is 1.22 bits per heavy atom. The maximum Gasteiger partial charge on any atom is 0.354 e. The van der Waals surface area contributed by atoms with Crippen LogP contribution in [0, 0.1) is 0 Å². The first-order valence-electron chi connectivity index (χ1n) is 6.36. The normalized spacial score (nSPS) is 19.3. The molecule has 0 aliphatic heterocycles.